The van der Waals surface area contributed by atoms with Crippen molar-refractivity contribution in [2.75, 3.05) is 14.2 Å². The van der Waals surface area contributed by atoms with Gasteiger partial charge in [0, 0.05) is 24.1 Å². The molecule has 0 saturated heterocycles. The first-order valence-electron chi connectivity index (χ1n) is 10.9. The summed E-state index contributed by atoms with van der Waals surface area (Å²) < 4.78 is 21.7. The molecule has 0 aliphatic heterocycles. The van der Waals surface area contributed by atoms with Gasteiger partial charge in [-0.1, -0.05) is 48.0 Å². The quantitative estimate of drug-likeness (QED) is 0.339. The number of benzene rings is 3. The van der Waals surface area contributed by atoms with Crippen LogP contribution in [0.5, 0.6) is 17.2 Å². The summed E-state index contributed by atoms with van der Waals surface area (Å²) >= 11 is 6.48. The molecule has 8 heteroatoms. The highest BCUT2D eigenvalue weighted by molar-refractivity contribution is 6.33. The summed E-state index contributed by atoms with van der Waals surface area (Å²) in [4.78, 5) is 24.8. The van der Waals surface area contributed by atoms with E-state index in [2.05, 4.69) is 5.32 Å². The van der Waals surface area contributed by atoms with Crippen LogP contribution < -0.4 is 25.2 Å². The monoisotopic (exact) mass is 493 g/mol. The molecule has 1 unspecified atom stereocenters. The second-order valence-corrected chi connectivity index (χ2v) is 8.20. The maximum atomic E-state index is 12.7. The first kappa shape index (κ1) is 24.2. The third kappa shape index (κ3) is 5.41. The Kier molecular flexibility index (Phi) is 7.27. The van der Waals surface area contributed by atoms with Crippen LogP contribution in [0.2, 0.25) is 5.02 Å². The fraction of sp³-hybridized carbons (Fsp3) is 0.185. The summed E-state index contributed by atoms with van der Waals surface area (Å²) in [7, 11) is 3.11. The maximum absolute atomic E-state index is 12.7. The Morgan fingerprint density at radius 1 is 0.971 bits per heavy atom. The van der Waals surface area contributed by atoms with E-state index in [0.29, 0.717) is 33.1 Å². The number of rotatable bonds is 8. The fourth-order valence-corrected chi connectivity index (χ4v) is 3.89. The van der Waals surface area contributed by atoms with Gasteiger partial charge in [0.15, 0.2) is 17.6 Å². The zero-order valence-corrected chi connectivity index (χ0v) is 20.2. The molecule has 180 valence electrons. The van der Waals surface area contributed by atoms with E-state index in [-0.39, 0.29) is 18.2 Å². The number of hydrogen-bond acceptors (Lipinski definition) is 6. The Labute approximate surface area is 207 Å². The van der Waals surface area contributed by atoms with E-state index in [1.54, 1.807) is 39.3 Å². The van der Waals surface area contributed by atoms with Crippen LogP contribution in [0.3, 0.4) is 0 Å². The van der Waals surface area contributed by atoms with Crippen LogP contribution in [-0.2, 0) is 11.3 Å². The van der Waals surface area contributed by atoms with Crippen molar-refractivity contribution in [3.63, 3.8) is 0 Å². The Bertz CT molecular complexity index is 1420. The summed E-state index contributed by atoms with van der Waals surface area (Å²) in [6.07, 6.45) is -0.853. The third-order valence-corrected chi connectivity index (χ3v) is 5.76. The lowest BCUT2D eigenvalue weighted by molar-refractivity contribution is -0.127. The molecule has 0 fully saturated rings. The molecule has 1 heterocycles. The minimum atomic E-state index is -0.853. The zero-order chi connectivity index (χ0) is 24.9. The first-order valence-corrected chi connectivity index (χ1v) is 11.3. The van der Waals surface area contributed by atoms with E-state index < -0.39 is 11.7 Å². The molecule has 1 N–H and O–H groups in total. The van der Waals surface area contributed by atoms with Crippen molar-refractivity contribution < 1.29 is 23.4 Å². The maximum Gasteiger partial charge on any atom is 0.336 e. The summed E-state index contributed by atoms with van der Waals surface area (Å²) in [5.41, 5.74) is 2.21. The summed E-state index contributed by atoms with van der Waals surface area (Å²) in [6.45, 7) is 1.88. The molecule has 1 amide bonds. The largest absolute Gasteiger partial charge is 0.493 e. The standard InChI is InChI=1S/C27H24ClNO6/c1-16(27(31)29-15-17-9-10-22(32-2)25(11-17)33-3)34-24-14-23-20(12-21(24)28)19(13-26(30)35-23)18-7-5-4-6-8-18/h4-14,16H,15H2,1-3H3,(H,29,31). The number of amides is 1. The number of fused-ring (bicyclic) bond motifs is 1. The van der Waals surface area contributed by atoms with Crippen molar-refractivity contribution in [1.82, 2.24) is 5.32 Å². The average molecular weight is 494 g/mol. The average Bonchev–Trinajstić information content (AvgIpc) is 2.87. The lowest BCUT2D eigenvalue weighted by Gasteiger charge is -2.17. The molecule has 0 bridgehead atoms. The molecule has 7 nitrogen and oxygen atoms in total. The lowest BCUT2D eigenvalue weighted by Crippen LogP contribution is -2.36. The molecule has 35 heavy (non-hydrogen) atoms. The number of halogens is 1. The lowest BCUT2D eigenvalue weighted by atomic mass is 10.0. The van der Waals surface area contributed by atoms with Crippen molar-refractivity contribution in [2.24, 2.45) is 0 Å². The minimum absolute atomic E-state index is 0.237. The summed E-state index contributed by atoms with van der Waals surface area (Å²) in [5.74, 6) is 1.08. The van der Waals surface area contributed by atoms with E-state index in [1.807, 2.05) is 36.4 Å². The van der Waals surface area contributed by atoms with Gasteiger partial charge < -0.3 is 23.9 Å². The van der Waals surface area contributed by atoms with Crippen LogP contribution >= 0.6 is 11.6 Å². The van der Waals surface area contributed by atoms with Crippen molar-refractivity contribution in [1.29, 1.82) is 0 Å². The number of carbonyl (C=O) groups excluding carboxylic acids is 1. The van der Waals surface area contributed by atoms with Crippen LogP contribution in [0.15, 0.2) is 75.9 Å². The predicted octanol–water partition coefficient (Wildman–Crippen LogP) is 5.21. The fourth-order valence-electron chi connectivity index (χ4n) is 3.68. The molecule has 0 saturated carbocycles. The Balaban J connectivity index is 1.51. The smallest absolute Gasteiger partial charge is 0.336 e. The van der Waals surface area contributed by atoms with Crippen molar-refractivity contribution in [2.45, 2.75) is 19.6 Å². The highest BCUT2D eigenvalue weighted by Crippen LogP contribution is 2.35. The molecule has 0 aliphatic carbocycles. The van der Waals surface area contributed by atoms with Crippen molar-refractivity contribution in [3.05, 3.63) is 87.7 Å². The number of ether oxygens (including phenoxy) is 3. The van der Waals surface area contributed by atoms with Gasteiger partial charge in [-0.2, -0.15) is 0 Å². The van der Waals surface area contributed by atoms with Gasteiger partial charge in [0.1, 0.15) is 11.3 Å². The molecule has 0 radical (unpaired) electrons. The first-order chi connectivity index (χ1) is 16.9. The minimum Gasteiger partial charge on any atom is -0.493 e. The molecule has 4 aromatic rings. The van der Waals surface area contributed by atoms with Gasteiger partial charge in [0.25, 0.3) is 5.91 Å². The van der Waals surface area contributed by atoms with Gasteiger partial charge >= 0.3 is 5.63 Å². The van der Waals surface area contributed by atoms with Gasteiger partial charge in [0.05, 0.1) is 19.2 Å². The van der Waals surface area contributed by atoms with Gasteiger partial charge in [-0.3, -0.25) is 4.79 Å². The molecular weight excluding hydrogens is 470 g/mol. The Hall–Kier alpha value is -3.97. The van der Waals surface area contributed by atoms with Gasteiger partial charge in [-0.05, 0) is 41.8 Å². The number of hydrogen-bond donors (Lipinski definition) is 1. The molecule has 3 aromatic carbocycles. The summed E-state index contributed by atoms with van der Waals surface area (Å²) in [6, 6.07) is 19.5. The van der Waals surface area contributed by atoms with Crippen LogP contribution in [0.25, 0.3) is 22.1 Å². The second kappa shape index (κ2) is 10.5. The molecule has 1 aromatic heterocycles. The van der Waals surface area contributed by atoms with E-state index in [4.69, 9.17) is 30.2 Å². The van der Waals surface area contributed by atoms with Crippen molar-refractivity contribution >= 4 is 28.5 Å². The second-order valence-electron chi connectivity index (χ2n) is 7.79. The topological polar surface area (TPSA) is 87.0 Å². The van der Waals surface area contributed by atoms with E-state index in [9.17, 15) is 9.59 Å². The molecule has 0 aliphatic rings. The Morgan fingerprint density at radius 3 is 2.43 bits per heavy atom. The van der Waals surface area contributed by atoms with Crippen molar-refractivity contribution in [3.8, 4) is 28.4 Å². The molecule has 0 spiro atoms. The van der Waals surface area contributed by atoms with Gasteiger partial charge in [-0.25, -0.2) is 4.79 Å². The number of nitrogens with one attached hydrogen (secondary N) is 1. The SMILES string of the molecule is COc1ccc(CNC(=O)C(C)Oc2cc3oc(=O)cc(-c4ccccc4)c3cc2Cl)cc1OC. The summed E-state index contributed by atoms with van der Waals surface area (Å²) in [5, 5.41) is 3.79. The Morgan fingerprint density at radius 2 is 1.71 bits per heavy atom. The van der Waals surface area contributed by atoms with E-state index in [1.165, 1.54) is 12.1 Å². The van der Waals surface area contributed by atoms with Gasteiger partial charge in [-0.15, -0.1) is 0 Å². The van der Waals surface area contributed by atoms with E-state index in [0.717, 1.165) is 11.1 Å². The number of carbonyl (C=O) groups is 1. The highest BCUT2D eigenvalue weighted by atomic mass is 35.5. The van der Waals surface area contributed by atoms with Gasteiger partial charge in [0.2, 0.25) is 0 Å². The van der Waals surface area contributed by atoms with Crippen LogP contribution in [-0.4, -0.2) is 26.2 Å². The van der Waals surface area contributed by atoms with E-state index >= 15 is 0 Å². The van der Waals surface area contributed by atoms with Crippen LogP contribution in [0, 0.1) is 0 Å². The normalized spacial score (nSPS) is 11.7. The van der Waals surface area contributed by atoms with Crippen LogP contribution in [0.1, 0.15) is 12.5 Å². The zero-order valence-electron chi connectivity index (χ0n) is 19.5. The highest BCUT2D eigenvalue weighted by Gasteiger charge is 2.18. The molecule has 4 rings (SSSR count). The van der Waals surface area contributed by atoms with Crippen LogP contribution in [0.4, 0.5) is 0 Å². The number of methoxy groups -OCH3 is 2. The molecule has 1 atom stereocenters. The third-order valence-electron chi connectivity index (χ3n) is 5.47. The molecular formula is C27H24ClNO6. The predicted molar refractivity (Wildman–Crippen MR) is 134 cm³/mol.